The Balaban J connectivity index is 2.88. The highest BCUT2D eigenvalue weighted by atomic mass is 16.6. The van der Waals surface area contributed by atoms with Crippen LogP contribution in [-0.4, -0.2) is 102 Å². The number of hydrogen-bond acceptors (Lipinski definition) is 9. The van der Waals surface area contributed by atoms with E-state index in [1.165, 1.54) is 171 Å². The van der Waals surface area contributed by atoms with Crippen molar-refractivity contribution in [3.8, 4) is 0 Å². The molecule has 0 spiro atoms. The summed E-state index contributed by atoms with van der Waals surface area (Å²) in [5, 5.41) is 6.09. The van der Waals surface area contributed by atoms with Crippen molar-refractivity contribution in [3.05, 3.63) is 42.5 Å². The predicted molar refractivity (Wildman–Crippen MR) is 291 cm³/mol. The first-order valence-electron chi connectivity index (χ1n) is 28.3. The minimum Gasteiger partial charge on any atom is -0.444 e. The highest BCUT2D eigenvalue weighted by Gasteiger charge is 2.32. The second-order valence-electron chi connectivity index (χ2n) is 21.6. The third-order valence-electron chi connectivity index (χ3n) is 12.3. The fourth-order valence-corrected chi connectivity index (χ4v) is 8.31. The first kappa shape index (κ1) is 64.8. The van der Waals surface area contributed by atoms with Gasteiger partial charge in [0, 0.05) is 46.0 Å². The number of nitrogens with zero attached hydrogens (tertiary/aromatic N) is 3. The lowest BCUT2D eigenvalue weighted by Crippen LogP contribution is -2.53. The van der Waals surface area contributed by atoms with Crippen LogP contribution in [-0.2, 0) is 30.2 Å². The average molecular weight is 987 g/mol. The van der Waals surface area contributed by atoms with Crippen LogP contribution in [0.3, 0.4) is 0 Å². The maximum absolute atomic E-state index is 14.4. The summed E-state index contributed by atoms with van der Waals surface area (Å²) < 4.78 is 25.5. The van der Waals surface area contributed by atoms with Gasteiger partial charge in [0.1, 0.15) is 29.7 Å². The predicted octanol–water partition coefficient (Wildman–Crippen LogP) is 14.6. The van der Waals surface area contributed by atoms with Crippen molar-refractivity contribution in [2.24, 2.45) is 0 Å². The van der Waals surface area contributed by atoms with Gasteiger partial charge in [0.2, 0.25) is 5.91 Å². The number of hydrogen-bond donors (Lipinski definition) is 2. The molecule has 2 N–H and O–H groups in total. The lowest BCUT2D eigenvalue weighted by atomic mass is 10.1. The number of ether oxygens (including phenoxy) is 4. The molecule has 3 atom stereocenters. The summed E-state index contributed by atoms with van der Waals surface area (Å²) in [6.45, 7) is 17.2. The number of amides is 2. The van der Waals surface area contributed by atoms with Crippen LogP contribution in [0.1, 0.15) is 241 Å². The van der Waals surface area contributed by atoms with Gasteiger partial charge < -0.3 is 34.5 Å². The lowest BCUT2D eigenvalue weighted by molar-refractivity contribution is -0.137. The van der Waals surface area contributed by atoms with Crippen molar-refractivity contribution in [1.82, 2.24) is 25.1 Å². The van der Waals surface area contributed by atoms with Crippen molar-refractivity contribution in [3.63, 3.8) is 0 Å². The number of imidazole rings is 1. The van der Waals surface area contributed by atoms with Crippen LogP contribution in [0, 0.1) is 0 Å². The molecule has 0 radical (unpaired) electrons. The number of nitrogens with one attached hydrogen (secondary N) is 2. The summed E-state index contributed by atoms with van der Waals surface area (Å²) in [5.74, 6) is -0.333. The van der Waals surface area contributed by atoms with E-state index in [-0.39, 0.29) is 25.0 Å². The standard InChI is InChI=1S/C58H107N5O7/c1-11-13-15-17-19-21-23-25-27-29-31-33-35-37-39-41-43-67-52(46-59-9)53(68-44-42-40-38-36-34-32-30-28-26-24-22-20-18-16-14-12-2)48-62(10)54(64)51(61-55(65)69-57(3,4)5)45-50-47-63(49-60-50)56(66)70-58(6,7)8/h25-28,47,49,51-53,59H,11-24,29-46,48H2,1-10H3,(H,61,65)/b27-25+,28-26+. The van der Waals surface area contributed by atoms with E-state index in [0.29, 0.717) is 25.5 Å². The Morgan fingerprint density at radius 3 is 1.46 bits per heavy atom. The first-order valence-corrected chi connectivity index (χ1v) is 28.3. The Morgan fingerprint density at radius 1 is 0.614 bits per heavy atom. The Bertz CT molecular complexity index is 1500. The molecule has 0 aromatic carbocycles. The smallest absolute Gasteiger partial charge is 0.419 e. The summed E-state index contributed by atoms with van der Waals surface area (Å²) in [5.41, 5.74) is -1.02. The zero-order valence-corrected chi connectivity index (χ0v) is 46.7. The monoisotopic (exact) mass is 986 g/mol. The van der Waals surface area contributed by atoms with E-state index in [2.05, 4.69) is 53.8 Å². The van der Waals surface area contributed by atoms with Crippen molar-refractivity contribution in [2.75, 3.05) is 40.4 Å². The number of alkyl carbamates (subject to hydrolysis) is 1. The highest BCUT2D eigenvalue weighted by Crippen LogP contribution is 2.17. The van der Waals surface area contributed by atoms with Gasteiger partial charge in [0.15, 0.2) is 0 Å². The van der Waals surface area contributed by atoms with Crippen LogP contribution >= 0.6 is 0 Å². The fraction of sp³-hybridized carbons (Fsp3) is 0.828. The van der Waals surface area contributed by atoms with Crippen LogP contribution < -0.4 is 10.6 Å². The molecular formula is C58H107N5O7. The zero-order chi connectivity index (χ0) is 51.7. The minimum atomic E-state index is -1.02. The molecule has 3 unspecified atom stereocenters. The molecule has 0 aliphatic heterocycles. The molecule has 0 aliphatic carbocycles. The molecular weight excluding hydrogens is 879 g/mol. The van der Waals surface area contributed by atoms with E-state index in [0.717, 1.165) is 25.7 Å². The number of likely N-dealkylation sites (N-methyl/N-ethyl adjacent to an activating group) is 2. The number of aromatic nitrogens is 2. The molecule has 2 amide bonds. The van der Waals surface area contributed by atoms with E-state index >= 15 is 0 Å². The number of carbonyl (C=O) groups excluding carboxylic acids is 3. The minimum absolute atomic E-state index is 0.0334. The van der Waals surface area contributed by atoms with Crippen molar-refractivity contribution in [2.45, 2.75) is 271 Å². The molecule has 0 aliphatic rings. The van der Waals surface area contributed by atoms with E-state index in [1.54, 1.807) is 53.5 Å². The lowest BCUT2D eigenvalue weighted by Gasteiger charge is -2.32. The van der Waals surface area contributed by atoms with E-state index in [9.17, 15) is 14.4 Å². The van der Waals surface area contributed by atoms with E-state index in [4.69, 9.17) is 18.9 Å². The molecule has 1 heterocycles. The number of allylic oxidation sites excluding steroid dienone is 4. The highest BCUT2D eigenvalue weighted by molar-refractivity contribution is 5.86. The Morgan fingerprint density at radius 2 is 1.03 bits per heavy atom. The van der Waals surface area contributed by atoms with Crippen LogP contribution in [0.5, 0.6) is 0 Å². The summed E-state index contributed by atoms with van der Waals surface area (Å²) in [7, 11) is 3.64. The average Bonchev–Trinajstić information content (AvgIpc) is 3.77. The second kappa shape index (κ2) is 41.3. The van der Waals surface area contributed by atoms with Crippen molar-refractivity contribution < 1.29 is 33.3 Å². The van der Waals surface area contributed by atoms with Crippen LogP contribution in [0.15, 0.2) is 36.8 Å². The Labute approximate surface area is 429 Å². The SMILES string of the molecule is CCCCCCCC/C=C/CCCCCCCCOC(CNC)C(CN(C)C(=O)C(Cc1cn(C(=O)OC(C)(C)C)cn1)NC(=O)OC(C)(C)C)OCCCCCCCC/C=C/CCCCCCCC. The third-order valence-corrected chi connectivity index (χ3v) is 12.3. The number of rotatable bonds is 43. The van der Waals surface area contributed by atoms with Gasteiger partial charge in [-0.25, -0.2) is 19.1 Å². The van der Waals surface area contributed by atoms with Gasteiger partial charge in [-0.05, 0) is 113 Å². The van der Waals surface area contributed by atoms with Gasteiger partial charge in [-0.15, -0.1) is 0 Å². The molecule has 12 nitrogen and oxygen atoms in total. The largest absolute Gasteiger partial charge is 0.444 e. The van der Waals surface area contributed by atoms with Gasteiger partial charge in [-0.2, -0.15) is 0 Å². The van der Waals surface area contributed by atoms with Crippen molar-refractivity contribution >= 4 is 18.1 Å². The molecule has 406 valence electrons. The zero-order valence-electron chi connectivity index (χ0n) is 46.7. The fourth-order valence-electron chi connectivity index (χ4n) is 8.31. The van der Waals surface area contributed by atoms with Gasteiger partial charge in [0.05, 0.1) is 11.8 Å². The molecule has 1 aromatic rings. The molecule has 0 saturated carbocycles. The van der Waals surface area contributed by atoms with E-state index < -0.39 is 35.5 Å². The number of carbonyl (C=O) groups is 3. The Hall–Kier alpha value is -3.22. The van der Waals surface area contributed by atoms with Gasteiger partial charge in [-0.3, -0.25) is 4.79 Å². The molecule has 1 aromatic heterocycles. The summed E-state index contributed by atoms with van der Waals surface area (Å²) in [6, 6.07) is -1.02. The van der Waals surface area contributed by atoms with Crippen molar-refractivity contribution in [1.29, 1.82) is 0 Å². The van der Waals surface area contributed by atoms with Crippen LogP contribution in [0.2, 0.25) is 0 Å². The summed E-state index contributed by atoms with van der Waals surface area (Å²) in [4.78, 5) is 46.3. The molecule has 0 fully saturated rings. The van der Waals surface area contributed by atoms with Crippen LogP contribution in [0.4, 0.5) is 9.59 Å². The van der Waals surface area contributed by atoms with Crippen LogP contribution in [0.25, 0.3) is 0 Å². The molecule has 0 saturated heterocycles. The topological polar surface area (TPSA) is 133 Å². The maximum atomic E-state index is 14.4. The summed E-state index contributed by atoms with van der Waals surface area (Å²) in [6.07, 6.45) is 45.3. The second-order valence-corrected chi connectivity index (χ2v) is 21.6. The maximum Gasteiger partial charge on any atom is 0.419 e. The molecule has 0 bridgehead atoms. The molecule has 12 heteroatoms. The third kappa shape index (κ3) is 36.7. The first-order chi connectivity index (χ1) is 33.6. The van der Waals surface area contributed by atoms with Gasteiger partial charge in [-0.1, -0.05) is 154 Å². The molecule has 1 rings (SSSR count). The van der Waals surface area contributed by atoms with Gasteiger partial charge in [0.25, 0.3) is 0 Å². The number of unbranched alkanes of at least 4 members (excludes halogenated alkanes) is 24. The Kier molecular flexibility index (Phi) is 38.2. The summed E-state index contributed by atoms with van der Waals surface area (Å²) >= 11 is 0. The normalized spacial score (nSPS) is 13.5. The molecule has 70 heavy (non-hydrogen) atoms. The van der Waals surface area contributed by atoms with Gasteiger partial charge >= 0.3 is 12.2 Å². The van der Waals surface area contributed by atoms with E-state index in [1.807, 2.05) is 7.05 Å². The quantitative estimate of drug-likeness (QED) is 0.0485.